The molecule has 0 aliphatic rings. The summed E-state index contributed by atoms with van der Waals surface area (Å²) in [4.78, 5) is 0.0880. The second kappa shape index (κ2) is 5.56. The lowest BCUT2D eigenvalue weighted by Gasteiger charge is -2.04. The van der Waals surface area contributed by atoms with Crippen LogP contribution in [0.25, 0.3) is 0 Å². The molecular formula is C12H10N2O4S. The fraction of sp³-hybridized carbons (Fsp3) is 0.0833. The van der Waals surface area contributed by atoms with Gasteiger partial charge in [0.2, 0.25) is 0 Å². The maximum Gasteiger partial charge on any atom is 0.263 e. The number of hydrogen-bond acceptors (Lipinski definition) is 5. The second-order valence-corrected chi connectivity index (χ2v) is 5.16. The number of aliphatic hydroxyl groups is 1. The van der Waals surface area contributed by atoms with Gasteiger partial charge in [-0.25, -0.2) is 8.42 Å². The first kappa shape index (κ1) is 13.1. The summed E-state index contributed by atoms with van der Waals surface area (Å²) in [5.41, 5.74) is 0.620. The Balaban J connectivity index is 2.21. The Hall–Kier alpha value is -2.30. The molecule has 1 aromatic heterocycles. The first-order valence-corrected chi connectivity index (χ1v) is 6.73. The van der Waals surface area contributed by atoms with E-state index in [0.29, 0.717) is 5.56 Å². The molecule has 6 nitrogen and oxygen atoms in total. The van der Waals surface area contributed by atoms with E-state index in [1.54, 1.807) is 12.1 Å². The third-order valence-electron chi connectivity index (χ3n) is 2.15. The van der Waals surface area contributed by atoms with Gasteiger partial charge in [0, 0.05) is 11.6 Å². The Bertz CT molecular complexity index is 694. The van der Waals surface area contributed by atoms with E-state index < -0.39 is 10.0 Å². The zero-order chi connectivity index (χ0) is 13.7. The molecule has 0 unspecified atom stereocenters. The van der Waals surface area contributed by atoms with E-state index in [0.717, 1.165) is 0 Å². The van der Waals surface area contributed by atoms with Gasteiger partial charge in [-0.3, -0.25) is 4.72 Å². The quantitative estimate of drug-likeness (QED) is 0.811. The fourth-order valence-corrected chi connectivity index (χ4v) is 2.31. The van der Waals surface area contributed by atoms with Gasteiger partial charge in [-0.2, -0.15) is 0 Å². The lowest BCUT2D eigenvalue weighted by Crippen LogP contribution is -2.13. The third-order valence-corrected chi connectivity index (χ3v) is 3.52. The fourth-order valence-electron chi connectivity index (χ4n) is 1.32. The number of anilines is 1. The van der Waals surface area contributed by atoms with Crippen molar-refractivity contribution in [2.24, 2.45) is 0 Å². The van der Waals surface area contributed by atoms with Crippen LogP contribution in [-0.4, -0.2) is 25.3 Å². The van der Waals surface area contributed by atoms with Crippen LogP contribution in [0.4, 0.5) is 5.82 Å². The highest BCUT2D eigenvalue weighted by molar-refractivity contribution is 7.92. The number of hydrogen-bond donors (Lipinski definition) is 2. The Morgan fingerprint density at radius 3 is 2.58 bits per heavy atom. The van der Waals surface area contributed by atoms with E-state index in [1.807, 2.05) is 0 Å². The van der Waals surface area contributed by atoms with Crippen LogP contribution in [0.1, 0.15) is 5.56 Å². The second-order valence-electron chi connectivity index (χ2n) is 3.47. The van der Waals surface area contributed by atoms with Crippen molar-refractivity contribution in [3.05, 3.63) is 42.2 Å². The van der Waals surface area contributed by atoms with Gasteiger partial charge in [0.15, 0.2) is 5.82 Å². The summed E-state index contributed by atoms with van der Waals surface area (Å²) in [6, 6.07) is 7.35. The van der Waals surface area contributed by atoms with Gasteiger partial charge in [0.1, 0.15) is 12.9 Å². The number of aliphatic hydroxyl groups excluding tert-OH is 1. The third kappa shape index (κ3) is 3.34. The first-order valence-electron chi connectivity index (χ1n) is 5.25. The largest absolute Gasteiger partial charge is 0.384 e. The average molecular weight is 278 g/mol. The Morgan fingerprint density at radius 1 is 1.26 bits per heavy atom. The highest BCUT2D eigenvalue weighted by Gasteiger charge is 2.15. The molecule has 2 aromatic rings. The molecule has 0 aliphatic carbocycles. The standard InChI is InChI=1S/C12H10N2O4S/c15-8-1-2-10-3-5-11(6-4-10)19(16,17)14-12-7-9-18-13-12/h3-7,9,15H,8H2,(H,13,14). The minimum absolute atomic E-state index is 0.0880. The zero-order valence-corrected chi connectivity index (χ0v) is 10.5. The van der Waals surface area contributed by atoms with Crippen LogP contribution < -0.4 is 4.72 Å². The normalized spacial score (nSPS) is 10.6. The molecule has 98 valence electrons. The zero-order valence-electron chi connectivity index (χ0n) is 9.70. The molecule has 0 atom stereocenters. The number of nitrogens with zero attached hydrogens (tertiary/aromatic N) is 1. The van der Waals surface area contributed by atoms with Crippen LogP contribution in [0, 0.1) is 11.8 Å². The molecule has 7 heteroatoms. The monoisotopic (exact) mass is 278 g/mol. The molecule has 2 N–H and O–H groups in total. The maximum absolute atomic E-state index is 12.0. The average Bonchev–Trinajstić information content (AvgIpc) is 2.89. The molecule has 0 amide bonds. The predicted octanol–water partition coefficient (Wildman–Crippen LogP) is 0.819. The smallest absolute Gasteiger partial charge is 0.263 e. The van der Waals surface area contributed by atoms with E-state index in [1.165, 1.54) is 24.5 Å². The van der Waals surface area contributed by atoms with Crippen molar-refractivity contribution in [1.82, 2.24) is 5.16 Å². The van der Waals surface area contributed by atoms with Crippen LogP contribution in [-0.2, 0) is 10.0 Å². The van der Waals surface area contributed by atoms with Crippen molar-refractivity contribution in [1.29, 1.82) is 0 Å². The molecule has 1 aromatic carbocycles. The number of aromatic nitrogens is 1. The van der Waals surface area contributed by atoms with E-state index in [2.05, 4.69) is 26.2 Å². The van der Waals surface area contributed by atoms with Gasteiger partial charge < -0.3 is 9.63 Å². The molecule has 0 bridgehead atoms. The van der Waals surface area contributed by atoms with Crippen LogP contribution >= 0.6 is 0 Å². The van der Waals surface area contributed by atoms with Crippen molar-refractivity contribution in [3.63, 3.8) is 0 Å². The summed E-state index contributed by atoms with van der Waals surface area (Å²) in [5.74, 6) is 5.27. The molecule has 1 heterocycles. The van der Waals surface area contributed by atoms with Gasteiger partial charge in [-0.15, -0.1) is 0 Å². The molecule has 0 saturated carbocycles. The molecule has 0 aliphatic heterocycles. The van der Waals surface area contributed by atoms with Gasteiger partial charge in [0.05, 0.1) is 4.90 Å². The van der Waals surface area contributed by atoms with E-state index in [4.69, 9.17) is 5.11 Å². The highest BCUT2D eigenvalue weighted by atomic mass is 32.2. The van der Waals surface area contributed by atoms with Gasteiger partial charge >= 0.3 is 0 Å². The van der Waals surface area contributed by atoms with Crippen LogP contribution in [0.3, 0.4) is 0 Å². The van der Waals surface area contributed by atoms with E-state index in [-0.39, 0.29) is 17.3 Å². The van der Waals surface area contributed by atoms with Gasteiger partial charge in [0.25, 0.3) is 10.0 Å². The first-order chi connectivity index (χ1) is 9.12. The maximum atomic E-state index is 12.0. The summed E-state index contributed by atoms with van der Waals surface area (Å²) in [6.45, 7) is -0.242. The number of sulfonamides is 1. The molecule has 2 rings (SSSR count). The molecule has 0 saturated heterocycles. The molecule has 0 spiro atoms. The van der Waals surface area contributed by atoms with Crippen LogP contribution in [0.15, 0.2) is 46.0 Å². The van der Waals surface area contributed by atoms with Crippen molar-refractivity contribution in [3.8, 4) is 11.8 Å². The summed E-state index contributed by atoms with van der Waals surface area (Å²) in [6.07, 6.45) is 1.27. The van der Waals surface area contributed by atoms with Gasteiger partial charge in [-0.1, -0.05) is 17.0 Å². The SMILES string of the molecule is O=S(=O)(Nc1ccon1)c1ccc(C#CCO)cc1. The van der Waals surface area contributed by atoms with Crippen molar-refractivity contribution in [2.45, 2.75) is 4.90 Å². The minimum atomic E-state index is -3.69. The number of rotatable bonds is 3. The Kier molecular flexibility index (Phi) is 3.85. The van der Waals surface area contributed by atoms with Crippen LogP contribution in [0.2, 0.25) is 0 Å². The Labute approximate surface area is 110 Å². The van der Waals surface area contributed by atoms with E-state index >= 15 is 0 Å². The van der Waals surface area contributed by atoms with Crippen LogP contribution in [0.5, 0.6) is 0 Å². The molecule has 0 fully saturated rings. The molecular weight excluding hydrogens is 268 g/mol. The Morgan fingerprint density at radius 2 is 2.00 bits per heavy atom. The minimum Gasteiger partial charge on any atom is -0.384 e. The van der Waals surface area contributed by atoms with Gasteiger partial charge in [-0.05, 0) is 24.3 Å². The summed E-state index contributed by atoms with van der Waals surface area (Å²) in [5, 5.41) is 12.0. The number of nitrogens with one attached hydrogen (secondary N) is 1. The van der Waals surface area contributed by atoms with Crippen molar-refractivity contribution < 1.29 is 18.0 Å². The highest BCUT2D eigenvalue weighted by Crippen LogP contribution is 2.14. The summed E-state index contributed by atoms with van der Waals surface area (Å²) in [7, 11) is -3.69. The lowest BCUT2D eigenvalue weighted by molar-refractivity contribution is 0.350. The molecule has 19 heavy (non-hydrogen) atoms. The lowest BCUT2D eigenvalue weighted by atomic mass is 10.2. The number of benzene rings is 1. The molecule has 0 radical (unpaired) electrons. The summed E-state index contributed by atoms with van der Waals surface area (Å²) < 4.78 is 30.7. The topological polar surface area (TPSA) is 92.4 Å². The van der Waals surface area contributed by atoms with Crippen molar-refractivity contribution >= 4 is 15.8 Å². The van der Waals surface area contributed by atoms with Crippen molar-refractivity contribution in [2.75, 3.05) is 11.3 Å². The van der Waals surface area contributed by atoms with E-state index in [9.17, 15) is 8.42 Å². The summed E-state index contributed by atoms with van der Waals surface area (Å²) >= 11 is 0. The predicted molar refractivity (Wildman–Crippen MR) is 67.7 cm³/mol.